The Morgan fingerprint density at radius 3 is 2.62 bits per heavy atom. The van der Waals surface area contributed by atoms with Gasteiger partial charge in [0.2, 0.25) is 0 Å². The summed E-state index contributed by atoms with van der Waals surface area (Å²) in [7, 11) is 0. The molecule has 2 aromatic rings. The van der Waals surface area contributed by atoms with Crippen molar-refractivity contribution in [2.45, 2.75) is 10.6 Å². The first-order valence-corrected chi connectivity index (χ1v) is 6.77. The Hall–Kier alpha value is -0.580. The van der Waals surface area contributed by atoms with Crippen LogP contribution in [0, 0.1) is 0 Å². The molecule has 0 unspecified atom stereocenters. The van der Waals surface area contributed by atoms with Gasteiger partial charge < -0.3 is 0 Å². The molecule has 0 saturated heterocycles. The lowest BCUT2D eigenvalue weighted by Crippen LogP contribution is -1.90. The maximum Gasteiger partial charge on any atom is 0.151 e. The van der Waals surface area contributed by atoms with Crippen molar-refractivity contribution in [3.63, 3.8) is 0 Å². The molecule has 0 aliphatic heterocycles. The molecule has 0 fully saturated rings. The number of rotatable bonds is 3. The van der Waals surface area contributed by atoms with Gasteiger partial charge in [-0.1, -0.05) is 23.7 Å². The van der Waals surface area contributed by atoms with Gasteiger partial charge in [0.15, 0.2) is 5.15 Å². The number of hydrogen-bond donors (Lipinski definition) is 0. The molecule has 2 rings (SSSR count). The molecule has 0 amide bonds. The fraction of sp³-hybridized carbons (Fsp3) is 0.0909. The molecule has 0 aliphatic rings. The van der Waals surface area contributed by atoms with Gasteiger partial charge in [-0.25, -0.2) is 0 Å². The second kappa shape index (κ2) is 5.66. The van der Waals surface area contributed by atoms with E-state index in [0.29, 0.717) is 5.15 Å². The monoisotopic (exact) mass is 314 g/mol. The first-order chi connectivity index (χ1) is 7.75. The summed E-state index contributed by atoms with van der Waals surface area (Å²) < 4.78 is 1.10. The topological polar surface area (TPSA) is 25.8 Å². The van der Waals surface area contributed by atoms with Crippen LogP contribution in [0.5, 0.6) is 0 Å². The van der Waals surface area contributed by atoms with Gasteiger partial charge in [-0.3, -0.25) is 0 Å². The summed E-state index contributed by atoms with van der Waals surface area (Å²) in [6, 6.07) is 11.7. The summed E-state index contributed by atoms with van der Waals surface area (Å²) in [6.07, 6.45) is 0. The van der Waals surface area contributed by atoms with E-state index in [1.807, 2.05) is 24.3 Å². The van der Waals surface area contributed by atoms with Gasteiger partial charge in [0.25, 0.3) is 0 Å². The SMILES string of the molecule is Clc1ccc(CSc2ccccc2Br)nn1. The minimum absolute atomic E-state index is 0.426. The van der Waals surface area contributed by atoms with Gasteiger partial charge in [0.1, 0.15) is 0 Å². The molecule has 1 aromatic heterocycles. The van der Waals surface area contributed by atoms with Crippen molar-refractivity contribution in [2.24, 2.45) is 0 Å². The van der Waals surface area contributed by atoms with Crippen LogP contribution in [0.25, 0.3) is 0 Å². The van der Waals surface area contributed by atoms with Crippen molar-refractivity contribution in [1.29, 1.82) is 0 Å². The summed E-state index contributed by atoms with van der Waals surface area (Å²) in [4.78, 5) is 1.19. The summed E-state index contributed by atoms with van der Waals surface area (Å²) in [5.74, 6) is 0.785. The van der Waals surface area contributed by atoms with Crippen molar-refractivity contribution in [3.05, 3.63) is 51.7 Å². The number of benzene rings is 1. The standard InChI is InChI=1S/C11H8BrClN2S/c12-9-3-1-2-4-10(9)16-7-8-5-6-11(13)15-14-8/h1-6H,7H2. The number of hydrogen-bond acceptors (Lipinski definition) is 3. The average molecular weight is 316 g/mol. The minimum atomic E-state index is 0.426. The van der Waals surface area contributed by atoms with Crippen molar-refractivity contribution in [3.8, 4) is 0 Å². The van der Waals surface area contributed by atoms with Gasteiger partial charge >= 0.3 is 0 Å². The number of thioether (sulfide) groups is 1. The Balaban J connectivity index is 2.02. The fourth-order valence-corrected chi connectivity index (χ4v) is 2.70. The Bertz CT molecular complexity index is 476. The van der Waals surface area contributed by atoms with Crippen LogP contribution in [0.2, 0.25) is 5.15 Å². The Kier molecular flexibility index (Phi) is 4.21. The van der Waals surface area contributed by atoms with Crippen molar-refractivity contribution >= 4 is 39.3 Å². The third kappa shape index (κ3) is 3.20. The van der Waals surface area contributed by atoms with Crippen LogP contribution in [0.3, 0.4) is 0 Å². The number of aromatic nitrogens is 2. The second-order valence-corrected chi connectivity index (χ2v) is 5.33. The van der Waals surface area contributed by atoms with E-state index in [0.717, 1.165) is 15.9 Å². The maximum atomic E-state index is 5.67. The Morgan fingerprint density at radius 2 is 1.94 bits per heavy atom. The van der Waals surface area contributed by atoms with Gasteiger partial charge in [0, 0.05) is 15.1 Å². The van der Waals surface area contributed by atoms with Crippen LogP contribution < -0.4 is 0 Å². The third-order valence-electron chi connectivity index (χ3n) is 1.90. The molecular formula is C11H8BrClN2S. The van der Waals surface area contributed by atoms with Gasteiger partial charge in [0.05, 0.1) is 5.69 Å². The minimum Gasteiger partial charge on any atom is -0.153 e. The molecule has 0 spiro atoms. The van der Waals surface area contributed by atoms with E-state index in [-0.39, 0.29) is 0 Å². The normalized spacial score (nSPS) is 10.4. The van der Waals surface area contributed by atoms with E-state index in [9.17, 15) is 0 Å². The number of halogens is 2. The summed E-state index contributed by atoms with van der Waals surface area (Å²) in [5.41, 5.74) is 0.921. The second-order valence-electron chi connectivity index (χ2n) is 3.07. The molecule has 2 nitrogen and oxygen atoms in total. The number of nitrogens with zero attached hydrogens (tertiary/aromatic N) is 2. The molecule has 0 aliphatic carbocycles. The van der Waals surface area contributed by atoms with E-state index in [2.05, 4.69) is 32.2 Å². The van der Waals surface area contributed by atoms with Crippen LogP contribution in [0.1, 0.15) is 5.69 Å². The van der Waals surface area contributed by atoms with E-state index in [4.69, 9.17) is 11.6 Å². The molecule has 1 heterocycles. The molecule has 16 heavy (non-hydrogen) atoms. The lowest BCUT2D eigenvalue weighted by atomic mass is 10.4. The van der Waals surface area contributed by atoms with Gasteiger partial charge in [-0.05, 0) is 40.2 Å². The quantitative estimate of drug-likeness (QED) is 0.794. The van der Waals surface area contributed by atoms with Crippen LogP contribution >= 0.6 is 39.3 Å². The molecule has 0 bridgehead atoms. The highest BCUT2D eigenvalue weighted by atomic mass is 79.9. The molecule has 0 N–H and O–H groups in total. The molecule has 5 heteroatoms. The van der Waals surface area contributed by atoms with Crippen LogP contribution in [-0.2, 0) is 5.75 Å². The van der Waals surface area contributed by atoms with Crippen molar-refractivity contribution < 1.29 is 0 Å². The molecule has 82 valence electrons. The van der Waals surface area contributed by atoms with E-state index in [1.165, 1.54) is 4.90 Å². The lowest BCUT2D eigenvalue weighted by molar-refractivity contribution is 0.971. The first-order valence-electron chi connectivity index (χ1n) is 4.61. The fourth-order valence-electron chi connectivity index (χ4n) is 1.13. The van der Waals surface area contributed by atoms with Crippen LogP contribution in [0.15, 0.2) is 45.8 Å². The maximum absolute atomic E-state index is 5.67. The predicted molar refractivity (Wildman–Crippen MR) is 70.7 cm³/mol. The lowest BCUT2D eigenvalue weighted by Gasteiger charge is -2.02. The summed E-state index contributed by atoms with van der Waals surface area (Å²) in [6.45, 7) is 0. The zero-order valence-electron chi connectivity index (χ0n) is 8.23. The largest absolute Gasteiger partial charge is 0.153 e. The Morgan fingerprint density at radius 1 is 1.12 bits per heavy atom. The molecule has 1 aromatic carbocycles. The van der Waals surface area contributed by atoms with Gasteiger partial charge in [-0.15, -0.1) is 16.9 Å². The predicted octanol–water partition coefficient (Wildman–Crippen LogP) is 4.18. The zero-order valence-corrected chi connectivity index (χ0v) is 11.4. The van der Waals surface area contributed by atoms with E-state index in [1.54, 1.807) is 17.8 Å². The van der Waals surface area contributed by atoms with Crippen molar-refractivity contribution in [2.75, 3.05) is 0 Å². The molecular weight excluding hydrogens is 308 g/mol. The average Bonchev–Trinajstić information content (AvgIpc) is 2.30. The zero-order chi connectivity index (χ0) is 11.4. The summed E-state index contributed by atoms with van der Waals surface area (Å²) in [5, 5.41) is 8.23. The molecule has 0 atom stereocenters. The van der Waals surface area contributed by atoms with Gasteiger partial charge in [-0.2, -0.15) is 5.10 Å². The van der Waals surface area contributed by atoms with Crippen LogP contribution in [0.4, 0.5) is 0 Å². The van der Waals surface area contributed by atoms with E-state index >= 15 is 0 Å². The van der Waals surface area contributed by atoms with Crippen molar-refractivity contribution in [1.82, 2.24) is 10.2 Å². The highest BCUT2D eigenvalue weighted by molar-refractivity contribution is 9.10. The highest BCUT2D eigenvalue weighted by Crippen LogP contribution is 2.29. The summed E-state index contributed by atoms with van der Waals surface area (Å²) >= 11 is 10.9. The molecule has 0 radical (unpaired) electrons. The van der Waals surface area contributed by atoms with Crippen LogP contribution in [-0.4, -0.2) is 10.2 Å². The smallest absolute Gasteiger partial charge is 0.151 e. The molecule has 0 saturated carbocycles. The highest BCUT2D eigenvalue weighted by Gasteiger charge is 2.01. The Labute approximate surface area is 112 Å². The first kappa shape index (κ1) is 11.9. The van der Waals surface area contributed by atoms with E-state index < -0.39 is 0 Å². The third-order valence-corrected chi connectivity index (χ3v) is 4.16.